The van der Waals surface area contributed by atoms with E-state index in [9.17, 15) is 0 Å². The van der Waals surface area contributed by atoms with Gasteiger partial charge in [0.1, 0.15) is 0 Å². The van der Waals surface area contributed by atoms with Crippen molar-refractivity contribution in [3.05, 3.63) is 46.5 Å². The molecule has 1 atom stereocenters. The Morgan fingerprint density at radius 3 is 2.80 bits per heavy atom. The topological polar surface area (TPSA) is 9.23 Å². The molecular weight excluding hydrogens is 252 g/mol. The average molecular weight is 267 g/mol. The van der Waals surface area contributed by atoms with E-state index >= 15 is 0 Å². The fourth-order valence-corrected chi connectivity index (χ4v) is 2.32. The van der Waals surface area contributed by atoms with Crippen LogP contribution in [0.5, 0.6) is 0 Å². The van der Waals surface area contributed by atoms with Gasteiger partial charge in [-0.05, 0) is 35.4 Å². The Hall–Kier alpha value is -0.600. The number of halogens is 1. The highest BCUT2D eigenvalue weighted by molar-refractivity contribution is 9.11. The number of rotatable bonds is 3. The molecule has 1 aliphatic carbocycles. The number of benzene rings is 1. The molecule has 15 heavy (non-hydrogen) atoms. The molecular formula is C13H15BrO. The lowest BCUT2D eigenvalue weighted by Gasteiger charge is -2.19. The molecule has 1 aromatic rings. The van der Waals surface area contributed by atoms with Gasteiger partial charge in [-0.1, -0.05) is 46.3 Å². The van der Waals surface area contributed by atoms with Gasteiger partial charge in [-0.25, -0.2) is 0 Å². The van der Waals surface area contributed by atoms with Crippen molar-refractivity contribution >= 4 is 15.9 Å². The lowest BCUT2D eigenvalue weighted by atomic mass is 10.1. The van der Waals surface area contributed by atoms with Crippen LogP contribution in [0, 0.1) is 0 Å². The predicted octanol–water partition coefficient (Wildman–Crippen LogP) is 4.03. The molecule has 1 nitrogen and oxygen atoms in total. The number of allylic oxidation sites excluding steroid dienone is 1. The second kappa shape index (κ2) is 5.47. The highest BCUT2D eigenvalue weighted by Gasteiger charge is 2.12. The molecule has 0 amide bonds. The monoisotopic (exact) mass is 266 g/mol. The standard InChI is InChI=1S/C13H15BrO/c14-12-7-4-8-13(9-12)15-10-11-5-2-1-3-6-11/h1-3,5-6,9,13H,4,7-8,10H2/t13-/m0/s1. The lowest BCUT2D eigenvalue weighted by Crippen LogP contribution is -2.13. The van der Waals surface area contributed by atoms with E-state index in [4.69, 9.17) is 4.74 Å². The maximum atomic E-state index is 5.83. The van der Waals surface area contributed by atoms with Crippen LogP contribution < -0.4 is 0 Å². The van der Waals surface area contributed by atoms with E-state index in [2.05, 4.69) is 34.1 Å². The van der Waals surface area contributed by atoms with Crippen LogP contribution in [0.15, 0.2) is 40.9 Å². The Balaban J connectivity index is 1.86. The summed E-state index contributed by atoms with van der Waals surface area (Å²) in [4.78, 5) is 0. The average Bonchev–Trinajstić information content (AvgIpc) is 2.28. The highest BCUT2D eigenvalue weighted by Crippen LogP contribution is 2.24. The van der Waals surface area contributed by atoms with E-state index in [0.29, 0.717) is 6.61 Å². The Morgan fingerprint density at radius 1 is 1.27 bits per heavy atom. The van der Waals surface area contributed by atoms with Gasteiger partial charge in [0.15, 0.2) is 0 Å². The van der Waals surface area contributed by atoms with Gasteiger partial charge >= 0.3 is 0 Å². The Morgan fingerprint density at radius 2 is 2.07 bits per heavy atom. The van der Waals surface area contributed by atoms with E-state index in [0.717, 1.165) is 12.8 Å². The first-order valence-electron chi connectivity index (χ1n) is 5.36. The van der Waals surface area contributed by atoms with Crippen LogP contribution in [0.25, 0.3) is 0 Å². The summed E-state index contributed by atoms with van der Waals surface area (Å²) in [5.41, 5.74) is 1.24. The molecule has 0 N–H and O–H groups in total. The largest absolute Gasteiger partial charge is 0.369 e. The van der Waals surface area contributed by atoms with E-state index in [1.807, 2.05) is 18.2 Å². The molecule has 2 rings (SSSR count). The van der Waals surface area contributed by atoms with Gasteiger partial charge in [0.05, 0.1) is 12.7 Å². The number of hydrogen-bond donors (Lipinski definition) is 0. The molecule has 80 valence electrons. The first-order chi connectivity index (χ1) is 7.34. The summed E-state index contributed by atoms with van der Waals surface area (Å²) < 4.78 is 7.12. The summed E-state index contributed by atoms with van der Waals surface area (Å²) in [6.45, 7) is 0.711. The van der Waals surface area contributed by atoms with Crippen molar-refractivity contribution in [2.45, 2.75) is 32.0 Å². The molecule has 0 aliphatic heterocycles. The smallest absolute Gasteiger partial charge is 0.0771 e. The zero-order valence-corrected chi connectivity index (χ0v) is 10.2. The van der Waals surface area contributed by atoms with Crippen LogP contribution in [0.3, 0.4) is 0 Å². The fourth-order valence-electron chi connectivity index (χ4n) is 1.75. The van der Waals surface area contributed by atoms with Crippen molar-refractivity contribution in [2.24, 2.45) is 0 Å². The molecule has 1 aliphatic rings. The molecule has 0 aromatic heterocycles. The third kappa shape index (κ3) is 3.47. The number of ether oxygens (including phenoxy) is 1. The second-order valence-corrected chi connectivity index (χ2v) is 4.86. The quantitative estimate of drug-likeness (QED) is 0.803. The summed E-state index contributed by atoms with van der Waals surface area (Å²) in [6.07, 6.45) is 5.99. The molecule has 1 aromatic carbocycles. The van der Waals surface area contributed by atoms with E-state index in [1.165, 1.54) is 16.5 Å². The molecule has 0 saturated carbocycles. The molecule has 2 heteroatoms. The third-order valence-electron chi connectivity index (χ3n) is 2.58. The summed E-state index contributed by atoms with van der Waals surface area (Å²) in [5.74, 6) is 0. The summed E-state index contributed by atoms with van der Waals surface area (Å²) in [5, 5.41) is 0. The summed E-state index contributed by atoms with van der Waals surface area (Å²) in [7, 11) is 0. The van der Waals surface area contributed by atoms with Gasteiger partial charge in [0.2, 0.25) is 0 Å². The molecule has 0 spiro atoms. The maximum Gasteiger partial charge on any atom is 0.0771 e. The Labute approximate surface area is 99.3 Å². The predicted molar refractivity (Wildman–Crippen MR) is 65.9 cm³/mol. The molecule has 0 radical (unpaired) electrons. The normalized spacial score (nSPS) is 21.1. The minimum Gasteiger partial charge on any atom is -0.369 e. The van der Waals surface area contributed by atoms with Crippen molar-refractivity contribution in [3.8, 4) is 0 Å². The molecule has 0 heterocycles. The summed E-state index contributed by atoms with van der Waals surface area (Å²) >= 11 is 3.54. The van der Waals surface area contributed by atoms with Gasteiger partial charge < -0.3 is 4.74 Å². The maximum absolute atomic E-state index is 5.83. The number of hydrogen-bond acceptors (Lipinski definition) is 1. The molecule has 0 unspecified atom stereocenters. The van der Waals surface area contributed by atoms with Crippen LogP contribution in [0.1, 0.15) is 24.8 Å². The van der Waals surface area contributed by atoms with E-state index in [-0.39, 0.29) is 6.10 Å². The highest BCUT2D eigenvalue weighted by atomic mass is 79.9. The first kappa shape index (κ1) is 10.9. The van der Waals surface area contributed by atoms with Gasteiger partial charge in [-0.15, -0.1) is 0 Å². The minimum absolute atomic E-state index is 0.285. The molecule has 0 fully saturated rings. The fraction of sp³-hybridized carbons (Fsp3) is 0.385. The second-order valence-electron chi connectivity index (χ2n) is 3.84. The van der Waals surface area contributed by atoms with Gasteiger partial charge in [0, 0.05) is 0 Å². The molecule has 0 bridgehead atoms. The van der Waals surface area contributed by atoms with Crippen LogP contribution in [-0.4, -0.2) is 6.10 Å². The van der Waals surface area contributed by atoms with Crippen molar-refractivity contribution in [2.75, 3.05) is 0 Å². The van der Waals surface area contributed by atoms with Crippen LogP contribution in [0.2, 0.25) is 0 Å². The zero-order valence-electron chi connectivity index (χ0n) is 8.66. The zero-order chi connectivity index (χ0) is 10.5. The first-order valence-corrected chi connectivity index (χ1v) is 6.15. The SMILES string of the molecule is BrC1=C[C@@H](OCc2ccccc2)CCC1. The van der Waals surface area contributed by atoms with Crippen LogP contribution in [-0.2, 0) is 11.3 Å². The van der Waals surface area contributed by atoms with Gasteiger partial charge in [0.25, 0.3) is 0 Å². The van der Waals surface area contributed by atoms with Gasteiger partial charge in [-0.2, -0.15) is 0 Å². The van der Waals surface area contributed by atoms with Crippen LogP contribution >= 0.6 is 15.9 Å². The van der Waals surface area contributed by atoms with Crippen molar-refractivity contribution in [1.82, 2.24) is 0 Å². The van der Waals surface area contributed by atoms with E-state index in [1.54, 1.807) is 0 Å². The molecule has 0 saturated heterocycles. The van der Waals surface area contributed by atoms with Crippen molar-refractivity contribution in [1.29, 1.82) is 0 Å². The third-order valence-corrected chi connectivity index (χ3v) is 3.24. The van der Waals surface area contributed by atoms with Crippen molar-refractivity contribution in [3.63, 3.8) is 0 Å². The van der Waals surface area contributed by atoms with Gasteiger partial charge in [-0.3, -0.25) is 0 Å². The van der Waals surface area contributed by atoms with Crippen molar-refractivity contribution < 1.29 is 4.74 Å². The lowest BCUT2D eigenvalue weighted by molar-refractivity contribution is 0.0623. The summed E-state index contributed by atoms with van der Waals surface area (Å²) in [6, 6.07) is 10.3. The van der Waals surface area contributed by atoms with E-state index < -0.39 is 0 Å². The Kier molecular flexibility index (Phi) is 3.98. The van der Waals surface area contributed by atoms with Crippen LogP contribution in [0.4, 0.5) is 0 Å². The minimum atomic E-state index is 0.285. The Bertz CT molecular complexity index is 332.